The number of rotatable bonds is 4. The molecule has 5 atom stereocenters. The van der Waals surface area contributed by atoms with Crippen molar-refractivity contribution in [3.05, 3.63) is 0 Å². The number of hydrogen-bond donors (Lipinski definition) is 1. The number of carbonyl (C=O) groups excluding carboxylic acids is 1. The van der Waals surface area contributed by atoms with E-state index >= 15 is 0 Å². The molecule has 21 heavy (non-hydrogen) atoms. The van der Waals surface area contributed by atoms with Crippen molar-refractivity contribution in [1.29, 1.82) is 0 Å². The van der Waals surface area contributed by atoms with Crippen LogP contribution < -0.4 is 5.32 Å². The van der Waals surface area contributed by atoms with Crippen LogP contribution in [0.5, 0.6) is 0 Å². The molecule has 1 heterocycles. The molecule has 1 saturated heterocycles. The third kappa shape index (κ3) is 2.23. The molecule has 1 N–H and O–H groups in total. The van der Waals surface area contributed by atoms with Crippen molar-refractivity contribution in [3.8, 4) is 0 Å². The fraction of sp³-hybridized carbons (Fsp3) is 0.944. The summed E-state index contributed by atoms with van der Waals surface area (Å²) >= 11 is 0. The maximum Gasteiger partial charge on any atom is 0.217 e. The molecule has 3 nitrogen and oxygen atoms in total. The second-order valence-corrected chi connectivity index (χ2v) is 8.23. The van der Waals surface area contributed by atoms with E-state index in [-0.39, 0.29) is 11.3 Å². The van der Waals surface area contributed by atoms with E-state index in [9.17, 15) is 4.79 Å². The van der Waals surface area contributed by atoms with Crippen LogP contribution in [-0.2, 0) is 9.53 Å². The van der Waals surface area contributed by atoms with Crippen LogP contribution in [0, 0.1) is 22.7 Å². The average Bonchev–Trinajstić information content (AvgIpc) is 2.90. The van der Waals surface area contributed by atoms with Gasteiger partial charge in [0.05, 0.1) is 6.10 Å². The van der Waals surface area contributed by atoms with Crippen molar-refractivity contribution in [2.24, 2.45) is 22.7 Å². The van der Waals surface area contributed by atoms with E-state index in [0.717, 1.165) is 18.9 Å². The largest absolute Gasteiger partial charge is 0.378 e. The van der Waals surface area contributed by atoms with Gasteiger partial charge in [-0.15, -0.1) is 0 Å². The first kappa shape index (κ1) is 15.3. The van der Waals surface area contributed by atoms with Gasteiger partial charge in [0.25, 0.3) is 0 Å². The number of fused-ring (bicyclic) bond motifs is 1. The van der Waals surface area contributed by atoms with Gasteiger partial charge < -0.3 is 10.1 Å². The van der Waals surface area contributed by atoms with Gasteiger partial charge >= 0.3 is 0 Å². The first-order chi connectivity index (χ1) is 9.91. The van der Waals surface area contributed by atoms with Crippen LogP contribution in [0.4, 0.5) is 0 Å². The number of amides is 1. The molecule has 0 aromatic rings. The van der Waals surface area contributed by atoms with E-state index in [1.165, 1.54) is 32.1 Å². The van der Waals surface area contributed by atoms with Gasteiger partial charge in [-0.2, -0.15) is 0 Å². The molecule has 120 valence electrons. The van der Waals surface area contributed by atoms with Crippen molar-refractivity contribution in [1.82, 2.24) is 5.32 Å². The zero-order valence-corrected chi connectivity index (χ0v) is 14.1. The number of unbranched alkanes of at least 4 members (excludes halogenated alkanes) is 1. The molecule has 1 spiro atoms. The van der Waals surface area contributed by atoms with Crippen molar-refractivity contribution in [2.45, 2.75) is 78.4 Å². The Morgan fingerprint density at radius 3 is 2.81 bits per heavy atom. The third-order valence-corrected chi connectivity index (χ3v) is 6.81. The minimum Gasteiger partial charge on any atom is -0.378 e. The number of carbonyl (C=O) groups is 1. The van der Waals surface area contributed by atoms with Crippen LogP contribution in [-0.4, -0.2) is 24.7 Å². The van der Waals surface area contributed by atoms with E-state index in [0.29, 0.717) is 23.5 Å². The van der Waals surface area contributed by atoms with Gasteiger partial charge in [-0.05, 0) is 48.3 Å². The van der Waals surface area contributed by atoms with E-state index in [1.807, 2.05) is 0 Å². The lowest BCUT2D eigenvalue weighted by molar-refractivity contribution is -0.136. The fourth-order valence-electron chi connectivity index (χ4n) is 5.80. The Bertz CT molecular complexity index is 419. The summed E-state index contributed by atoms with van der Waals surface area (Å²) in [5.74, 6) is 1.53. The zero-order chi connectivity index (χ0) is 15.3. The summed E-state index contributed by atoms with van der Waals surface area (Å²) in [7, 11) is 0. The third-order valence-electron chi connectivity index (χ3n) is 6.81. The van der Waals surface area contributed by atoms with Crippen LogP contribution in [0.3, 0.4) is 0 Å². The Morgan fingerprint density at radius 1 is 1.38 bits per heavy atom. The van der Waals surface area contributed by atoms with Crippen molar-refractivity contribution < 1.29 is 9.53 Å². The molecular formula is C18H31NO2. The molecule has 3 aliphatic rings. The molecule has 0 radical (unpaired) electrons. The van der Waals surface area contributed by atoms with Gasteiger partial charge in [-0.1, -0.05) is 33.6 Å². The highest BCUT2D eigenvalue weighted by atomic mass is 16.5. The summed E-state index contributed by atoms with van der Waals surface area (Å²) in [6, 6.07) is 0.333. The topological polar surface area (TPSA) is 38.3 Å². The Hall–Kier alpha value is -0.570. The second kappa shape index (κ2) is 5.26. The van der Waals surface area contributed by atoms with Crippen LogP contribution in [0.2, 0.25) is 0 Å². The summed E-state index contributed by atoms with van der Waals surface area (Å²) in [4.78, 5) is 11.7. The molecule has 0 aromatic carbocycles. The molecule has 0 aromatic heterocycles. The Labute approximate surface area is 129 Å². The number of hydrogen-bond acceptors (Lipinski definition) is 2. The maximum atomic E-state index is 11.7. The van der Waals surface area contributed by atoms with E-state index in [2.05, 4.69) is 26.1 Å². The standard InChI is InChI=1S/C18H31NO2/c1-5-6-7-15-14-10-13-11-18(14,8-9-21-15)16(17(13,3)4)19-12(2)20/h13-16H,5-11H2,1-4H3,(H,19,20)/t13-,14-,15-,16+,18?/m1/s1. The first-order valence-corrected chi connectivity index (χ1v) is 8.80. The van der Waals surface area contributed by atoms with Gasteiger partial charge in [0.1, 0.15) is 0 Å². The number of ether oxygens (including phenoxy) is 1. The molecular weight excluding hydrogens is 262 g/mol. The van der Waals surface area contributed by atoms with Crippen molar-refractivity contribution in [2.75, 3.05) is 6.61 Å². The molecule has 3 rings (SSSR count). The Kier molecular flexibility index (Phi) is 3.84. The SMILES string of the molecule is CCCC[C@H]1OCCC23C[C@@H](C[C@H]12)C(C)(C)[C@@H]3NC(C)=O. The predicted molar refractivity (Wildman–Crippen MR) is 83.9 cm³/mol. The quantitative estimate of drug-likeness (QED) is 0.861. The summed E-state index contributed by atoms with van der Waals surface area (Å²) in [5.41, 5.74) is 0.533. The zero-order valence-electron chi connectivity index (χ0n) is 14.1. The summed E-state index contributed by atoms with van der Waals surface area (Å²) in [6.45, 7) is 9.52. The van der Waals surface area contributed by atoms with Crippen LogP contribution >= 0.6 is 0 Å². The molecule has 3 fully saturated rings. The Morgan fingerprint density at radius 2 is 2.14 bits per heavy atom. The lowest BCUT2D eigenvalue weighted by atomic mass is 9.59. The lowest BCUT2D eigenvalue weighted by Crippen LogP contribution is -2.60. The summed E-state index contributed by atoms with van der Waals surface area (Å²) in [6.07, 6.45) is 7.85. The van der Waals surface area contributed by atoms with E-state index < -0.39 is 0 Å². The molecule has 1 unspecified atom stereocenters. The van der Waals surface area contributed by atoms with Crippen LogP contribution in [0.1, 0.15) is 66.2 Å². The molecule has 2 bridgehead atoms. The van der Waals surface area contributed by atoms with Gasteiger partial charge in [-0.3, -0.25) is 4.79 Å². The molecule has 1 amide bonds. The average molecular weight is 293 g/mol. The van der Waals surface area contributed by atoms with Crippen LogP contribution in [0.25, 0.3) is 0 Å². The summed E-state index contributed by atoms with van der Waals surface area (Å²) < 4.78 is 6.15. The van der Waals surface area contributed by atoms with E-state index in [1.54, 1.807) is 6.92 Å². The highest BCUT2D eigenvalue weighted by Gasteiger charge is 2.68. The van der Waals surface area contributed by atoms with Gasteiger partial charge in [0.2, 0.25) is 5.91 Å². The van der Waals surface area contributed by atoms with Gasteiger partial charge in [0.15, 0.2) is 0 Å². The lowest BCUT2D eigenvalue weighted by Gasteiger charge is -2.53. The van der Waals surface area contributed by atoms with Crippen molar-refractivity contribution in [3.63, 3.8) is 0 Å². The summed E-state index contributed by atoms with van der Waals surface area (Å²) in [5, 5.41) is 3.34. The minimum absolute atomic E-state index is 0.130. The highest BCUT2D eigenvalue weighted by molar-refractivity contribution is 5.73. The van der Waals surface area contributed by atoms with Gasteiger partial charge in [-0.25, -0.2) is 0 Å². The monoisotopic (exact) mass is 293 g/mol. The molecule has 1 aliphatic heterocycles. The van der Waals surface area contributed by atoms with Gasteiger partial charge in [0, 0.05) is 19.6 Å². The molecule has 3 heteroatoms. The number of nitrogens with one attached hydrogen (secondary N) is 1. The highest BCUT2D eigenvalue weighted by Crippen LogP contribution is 2.68. The Balaban J connectivity index is 1.87. The first-order valence-electron chi connectivity index (χ1n) is 8.80. The van der Waals surface area contributed by atoms with E-state index in [4.69, 9.17) is 4.74 Å². The van der Waals surface area contributed by atoms with Crippen LogP contribution in [0.15, 0.2) is 0 Å². The molecule has 2 aliphatic carbocycles. The maximum absolute atomic E-state index is 11.7. The van der Waals surface area contributed by atoms with Crippen molar-refractivity contribution >= 4 is 5.91 Å². The molecule has 2 saturated carbocycles. The normalized spacial score (nSPS) is 43.6. The fourth-order valence-corrected chi connectivity index (χ4v) is 5.80. The predicted octanol–water partition coefficient (Wildman–Crippen LogP) is 3.52. The smallest absolute Gasteiger partial charge is 0.217 e. The minimum atomic E-state index is 0.130. The second-order valence-electron chi connectivity index (χ2n) is 8.23.